The van der Waals surface area contributed by atoms with Gasteiger partial charge in [-0.2, -0.15) is 0 Å². The molecule has 6 heteroatoms. The van der Waals surface area contributed by atoms with E-state index in [4.69, 9.17) is 14.2 Å². The fourth-order valence-corrected chi connectivity index (χ4v) is 3.63. The van der Waals surface area contributed by atoms with E-state index in [1.807, 2.05) is 6.92 Å². The summed E-state index contributed by atoms with van der Waals surface area (Å²) in [7, 11) is 0. The van der Waals surface area contributed by atoms with Crippen LogP contribution in [0.1, 0.15) is 17.3 Å². The van der Waals surface area contributed by atoms with E-state index in [0.717, 1.165) is 0 Å². The van der Waals surface area contributed by atoms with Gasteiger partial charge in [-0.1, -0.05) is 18.2 Å². The molecular formula is C15H16O6. The minimum Gasteiger partial charge on any atom is -0.453 e. The van der Waals surface area contributed by atoms with E-state index in [0.29, 0.717) is 5.56 Å². The van der Waals surface area contributed by atoms with Crippen molar-refractivity contribution in [3.05, 3.63) is 35.9 Å². The van der Waals surface area contributed by atoms with Crippen LogP contribution in [0.15, 0.2) is 30.3 Å². The van der Waals surface area contributed by atoms with Crippen LogP contribution in [0.4, 0.5) is 0 Å². The van der Waals surface area contributed by atoms with Crippen LogP contribution >= 0.6 is 0 Å². The van der Waals surface area contributed by atoms with Crippen LogP contribution < -0.4 is 0 Å². The number of carbonyl (C=O) groups is 1. The molecule has 1 aromatic carbocycles. The van der Waals surface area contributed by atoms with Gasteiger partial charge in [0.25, 0.3) is 0 Å². The molecule has 4 rings (SSSR count). The average molecular weight is 292 g/mol. The Bertz CT molecular complexity index is 589. The van der Waals surface area contributed by atoms with Gasteiger partial charge in [-0.15, -0.1) is 0 Å². The summed E-state index contributed by atoms with van der Waals surface area (Å²) >= 11 is 0. The van der Waals surface area contributed by atoms with Gasteiger partial charge in [0.15, 0.2) is 18.0 Å². The second kappa shape index (κ2) is 4.04. The van der Waals surface area contributed by atoms with E-state index in [1.54, 1.807) is 30.3 Å². The van der Waals surface area contributed by atoms with Crippen LogP contribution in [0.2, 0.25) is 0 Å². The lowest BCUT2D eigenvalue weighted by Gasteiger charge is -2.33. The summed E-state index contributed by atoms with van der Waals surface area (Å²) in [6.45, 7) is 2.02. The topological polar surface area (TPSA) is 88.5 Å². The molecule has 0 aromatic heterocycles. The first-order valence-corrected chi connectivity index (χ1v) is 6.94. The quantitative estimate of drug-likeness (QED) is 0.593. The first kappa shape index (κ1) is 13.2. The van der Waals surface area contributed by atoms with E-state index < -0.39 is 41.6 Å². The molecule has 0 amide bonds. The number of ether oxygens (including phenoxy) is 3. The molecule has 6 atom stereocenters. The number of hydrogen-bond donors (Lipinski definition) is 2. The Morgan fingerprint density at radius 1 is 1.38 bits per heavy atom. The van der Waals surface area contributed by atoms with E-state index in [9.17, 15) is 15.0 Å². The third kappa shape index (κ3) is 1.58. The number of fused-ring (bicyclic) bond motifs is 3. The summed E-state index contributed by atoms with van der Waals surface area (Å²) in [6, 6.07) is 8.52. The van der Waals surface area contributed by atoms with Crippen molar-refractivity contribution >= 4 is 5.97 Å². The molecule has 1 aromatic rings. The van der Waals surface area contributed by atoms with Gasteiger partial charge in [0.05, 0.1) is 18.1 Å². The van der Waals surface area contributed by atoms with Crippen molar-refractivity contribution < 1.29 is 29.2 Å². The second-order valence-corrected chi connectivity index (χ2v) is 6.04. The lowest BCUT2D eigenvalue weighted by atomic mass is 9.86. The summed E-state index contributed by atoms with van der Waals surface area (Å²) < 4.78 is 16.2. The fourth-order valence-electron chi connectivity index (χ4n) is 3.63. The number of benzene rings is 1. The fraction of sp³-hybridized carbons (Fsp3) is 0.533. The number of hydrogen-bond acceptors (Lipinski definition) is 6. The van der Waals surface area contributed by atoms with Gasteiger partial charge in [0, 0.05) is 0 Å². The zero-order valence-electron chi connectivity index (χ0n) is 11.4. The Labute approximate surface area is 121 Å². The SMILES string of the molecule is C[C@]12O[C@@H]1[C@@H](OC(=O)c1ccccc1)[C@]1(O)C(O)OCC12. The first-order valence-electron chi connectivity index (χ1n) is 6.94. The van der Waals surface area contributed by atoms with Crippen molar-refractivity contribution in [2.45, 2.75) is 36.6 Å². The average Bonchev–Trinajstić information content (AvgIpc) is 3.00. The summed E-state index contributed by atoms with van der Waals surface area (Å²) in [4.78, 5) is 12.2. The van der Waals surface area contributed by atoms with Gasteiger partial charge < -0.3 is 24.4 Å². The van der Waals surface area contributed by atoms with Gasteiger partial charge in [0.2, 0.25) is 0 Å². The largest absolute Gasteiger partial charge is 0.453 e. The molecule has 2 heterocycles. The first-order chi connectivity index (χ1) is 9.98. The summed E-state index contributed by atoms with van der Waals surface area (Å²) in [6.07, 6.45) is -2.71. The van der Waals surface area contributed by atoms with Crippen LogP contribution in [-0.2, 0) is 14.2 Å². The van der Waals surface area contributed by atoms with E-state index >= 15 is 0 Å². The minimum atomic E-state index is -1.61. The maximum Gasteiger partial charge on any atom is 0.338 e. The number of rotatable bonds is 2. The molecule has 2 saturated heterocycles. The van der Waals surface area contributed by atoms with Crippen LogP contribution in [-0.4, -0.2) is 52.5 Å². The lowest BCUT2D eigenvalue weighted by Crippen LogP contribution is -2.54. The standard InChI is InChI=1S/C15H16O6/c1-14-9-7-19-13(17)15(9,18)11(10(14)21-14)20-12(16)8-5-3-2-4-6-8/h2-6,9-11,13,17-18H,7H2,1H3/t9?,10-,11-,13?,14-,15+/m1/s1. The third-order valence-corrected chi connectivity index (χ3v) is 4.93. The highest BCUT2D eigenvalue weighted by molar-refractivity contribution is 5.89. The maximum absolute atomic E-state index is 12.2. The van der Waals surface area contributed by atoms with Crippen molar-refractivity contribution in [3.63, 3.8) is 0 Å². The number of aliphatic hydroxyl groups excluding tert-OH is 1. The number of esters is 1. The molecule has 1 aliphatic carbocycles. The molecule has 2 unspecified atom stereocenters. The van der Waals surface area contributed by atoms with Crippen molar-refractivity contribution in [1.82, 2.24) is 0 Å². The predicted molar refractivity (Wildman–Crippen MR) is 69.3 cm³/mol. The Morgan fingerprint density at radius 2 is 2.10 bits per heavy atom. The summed E-state index contributed by atoms with van der Waals surface area (Å²) in [5, 5.41) is 20.7. The van der Waals surface area contributed by atoms with Crippen molar-refractivity contribution in [2.75, 3.05) is 6.61 Å². The van der Waals surface area contributed by atoms with Gasteiger partial charge in [0.1, 0.15) is 11.7 Å². The van der Waals surface area contributed by atoms with Crippen molar-refractivity contribution in [1.29, 1.82) is 0 Å². The smallest absolute Gasteiger partial charge is 0.338 e. The Balaban J connectivity index is 1.62. The highest BCUT2D eigenvalue weighted by atomic mass is 16.7. The van der Waals surface area contributed by atoms with Crippen LogP contribution in [0, 0.1) is 5.92 Å². The number of epoxide rings is 1. The molecule has 21 heavy (non-hydrogen) atoms. The molecule has 3 aliphatic rings. The van der Waals surface area contributed by atoms with Gasteiger partial charge in [-0.05, 0) is 19.1 Å². The molecule has 0 radical (unpaired) electrons. The van der Waals surface area contributed by atoms with Crippen LogP contribution in [0.3, 0.4) is 0 Å². The molecule has 112 valence electrons. The number of aliphatic hydroxyl groups is 2. The Hall–Kier alpha value is -1.47. The monoisotopic (exact) mass is 292 g/mol. The molecule has 1 saturated carbocycles. The van der Waals surface area contributed by atoms with Gasteiger partial charge >= 0.3 is 5.97 Å². The van der Waals surface area contributed by atoms with Gasteiger partial charge in [-0.25, -0.2) is 4.79 Å². The molecule has 0 bridgehead atoms. The third-order valence-electron chi connectivity index (χ3n) is 4.93. The van der Waals surface area contributed by atoms with E-state index in [2.05, 4.69) is 0 Å². The van der Waals surface area contributed by atoms with Crippen LogP contribution in [0.25, 0.3) is 0 Å². The number of carbonyl (C=O) groups excluding carboxylic acids is 1. The minimum absolute atomic E-state index is 0.185. The van der Waals surface area contributed by atoms with Crippen LogP contribution in [0.5, 0.6) is 0 Å². The molecule has 2 aliphatic heterocycles. The maximum atomic E-state index is 12.2. The Morgan fingerprint density at radius 3 is 2.81 bits per heavy atom. The Kier molecular flexibility index (Phi) is 2.54. The highest BCUT2D eigenvalue weighted by Crippen LogP contribution is 2.62. The molecule has 3 fully saturated rings. The highest BCUT2D eigenvalue weighted by Gasteiger charge is 2.82. The zero-order chi connectivity index (χ0) is 14.8. The van der Waals surface area contributed by atoms with E-state index in [1.165, 1.54) is 0 Å². The van der Waals surface area contributed by atoms with Gasteiger partial charge in [-0.3, -0.25) is 0 Å². The molecule has 6 nitrogen and oxygen atoms in total. The molecule has 0 spiro atoms. The zero-order valence-corrected chi connectivity index (χ0v) is 11.4. The predicted octanol–water partition coefficient (Wildman–Crippen LogP) is 0.0790. The normalized spacial score (nSPS) is 46.8. The lowest BCUT2D eigenvalue weighted by molar-refractivity contribution is -0.208. The summed E-state index contributed by atoms with van der Waals surface area (Å²) in [5.74, 6) is -0.954. The molecular weight excluding hydrogens is 276 g/mol. The second-order valence-electron chi connectivity index (χ2n) is 6.04. The van der Waals surface area contributed by atoms with Crippen molar-refractivity contribution in [3.8, 4) is 0 Å². The summed E-state index contributed by atoms with van der Waals surface area (Å²) in [5.41, 5.74) is -1.82. The molecule has 2 N–H and O–H groups in total. The van der Waals surface area contributed by atoms with E-state index in [-0.39, 0.29) is 6.61 Å². The van der Waals surface area contributed by atoms with Crippen molar-refractivity contribution in [2.24, 2.45) is 5.92 Å².